The Morgan fingerprint density at radius 1 is 0.909 bits per heavy atom. The standard InChI is InChI=1S/C19H19ClN2/c20-15-10-12-16(13-11-15)22-18-9-5-4-8-17(18)19(21-22)14-6-2-1-3-7-14/h1-3,6-7,10-13,17-18H,4-5,8-9H2/t17-,18+/m1/s1. The number of fused-ring (bicyclic) bond motifs is 1. The van der Waals surface area contributed by atoms with Crippen LogP contribution in [0.25, 0.3) is 0 Å². The monoisotopic (exact) mass is 310 g/mol. The molecular formula is C19H19ClN2. The number of anilines is 1. The summed E-state index contributed by atoms with van der Waals surface area (Å²) in [6.07, 6.45) is 5.06. The lowest BCUT2D eigenvalue weighted by Gasteiger charge is -2.31. The van der Waals surface area contributed by atoms with Crippen LogP contribution in [0, 0.1) is 5.92 Å². The van der Waals surface area contributed by atoms with Crippen LogP contribution in [-0.4, -0.2) is 11.8 Å². The number of nitrogens with zero attached hydrogens (tertiary/aromatic N) is 2. The van der Waals surface area contributed by atoms with Gasteiger partial charge < -0.3 is 0 Å². The van der Waals surface area contributed by atoms with Gasteiger partial charge in [0.1, 0.15) is 0 Å². The molecule has 0 bridgehead atoms. The molecule has 2 aromatic carbocycles. The molecule has 1 fully saturated rings. The molecule has 4 rings (SSSR count). The van der Waals surface area contributed by atoms with Gasteiger partial charge in [-0.3, -0.25) is 5.01 Å². The van der Waals surface area contributed by atoms with E-state index in [1.165, 1.54) is 37.0 Å². The summed E-state index contributed by atoms with van der Waals surface area (Å²) in [7, 11) is 0. The minimum absolute atomic E-state index is 0.491. The molecule has 0 N–H and O–H groups in total. The van der Waals surface area contributed by atoms with E-state index in [4.69, 9.17) is 16.7 Å². The van der Waals surface area contributed by atoms with Gasteiger partial charge in [0.2, 0.25) is 0 Å². The Bertz CT molecular complexity index is 678. The predicted octanol–water partition coefficient (Wildman–Crippen LogP) is 5.12. The second-order valence-corrected chi connectivity index (χ2v) is 6.57. The molecule has 3 heteroatoms. The van der Waals surface area contributed by atoms with Gasteiger partial charge in [-0.15, -0.1) is 0 Å². The summed E-state index contributed by atoms with van der Waals surface area (Å²) in [5.74, 6) is 0.548. The van der Waals surface area contributed by atoms with E-state index in [2.05, 4.69) is 47.5 Å². The van der Waals surface area contributed by atoms with Gasteiger partial charge in [0, 0.05) is 10.9 Å². The van der Waals surface area contributed by atoms with Gasteiger partial charge in [-0.2, -0.15) is 5.10 Å². The molecule has 0 radical (unpaired) electrons. The second kappa shape index (κ2) is 5.77. The maximum Gasteiger partial charge on any atom is 0.0734 e. The zero-order chi connectivity index (χ0) is 14.9. The van der Waals surface area contributed by atoms with Crippen molar-refractivity contribution in [3.05, 3.63) is 65.2 Å². The molecule has 2 aromatic rings. The van der Waals surface area contributed by atoms with E-state index in [9.17, 15) is 0 Å². The molecule has 1 aliphatic heterocycles. The average molecular weight is 311 g/mol. The molecule has 22 heavy (non-hydrogen) atoms. The van der Waals surface area contributed by atoms with Crippen LogP contribution in [0.2, 0.25) is 5.02 Å². The Morgan fingerprint density at radius 2 is 1.64 bits per heavy atom. The average Bonchev–Trinajstić information content (AvgIpc) is 2.96. The van der Waals surface area contributed by atoms with Crippen LogP contribution in [0.3, 0.4) is 0 Å². The quantitative estimate of drug-likeness (QED) is 0.751. The predicted molar refractivity (Wildman–Crippen MR) is 92.7 cm³/mol. The summed E-state index contributed by atoms with van der Waals surface area (Å²) < 4.78 is 0. The topological polar surface area (TPSA) is 15.6 Å². The summed E-state index contributed by atoms with van der Waals surface area (Å²) in [4.78, 5) is 0. The van der Waals surface area contributed by atoms with Crippen LogP contribution in [0.4, 0.5) is 5.69 Å². The van der Waals surface area contributed by atoms with Crippen LogP contribution in [0.15, 0.2) is 59.7 Å². The highest BCUT2D eigenvalue weighted by Crippen LogP contribution is 2.39. The first-order valence-electron chi connectivity index (χ1n) is 8.01. The number of rotatable bonds is 2. The number of hydrazone groups is 1. The normalized spacial score (nSPS) is 24.0. The van der Waals surface area contributed by atoms with Crippen molar-refractivity contribution in [2.45, 2.75) is 31.7 Å². The molecule has 0 unspecified atom stereocenters. The van der Waals surface area contributed by atoms with Crippen LogP contribution in [0.5, 0.6) is 0 Å². The molecule has 1 aliphatic carbocycles. The molecule has 0 saturated heterocycles. The SMILES string of the molecule is Clc1ccc(N2N=C(c3ccccc3)[C@@H]3CCCC[C@@H]32)cc1. The zero-order valence-corrected chi connectivity index (χ0v) is 13.2. The van der Waals surface area contributed by atoms with Gasteiger partial charge in [-0.05, 0) is 42.7 Å². The van der Waals surface area contributed by atoms with E-state index >= 15 is 0 Å². The Labute approximate surface area is 136 Å². The van der Waals surface area contributed by atoms with E-state index in [0.717, 1.165) is 10.7 Å². The summed E-state index contributed by atoms with van der Waals surface area (Å²) in [6, 6.07) is 19.2. The fourth-order valence-corrected chi connectivity index (χ4v) is 3.84. The Hall–Kier alpha value is -1.80. The van der Waals surface area contributed by atoms with Gasteiger partial charge in [0.15, 0.2) is 0 Å². The van der Waals surface area contributed by atoms with Crippen LogP contribution in [-0.2, 0) is 0 Å². The first kappa shape index (κ1) is 13.8. The van der Waals surface area contributed by atoms with Crippen molar-refractivity contribution in [2.24, 2.45) is 11.0 Å². The Balaban J connectivity index is 1.74. The molecule has 2 aliphatic rings. The molecule has 2 atom stereocenters. The molecular weight excluding hydrogens is 292 g/mol. The van der Waals surface area contributed by atoms with Crippen molar-refractivity contribution in [2.75, 3.05) is 5.01 Å². The lowest BCUT2D eigenvalue weighted by molar-refractivity contribution is 0.384. The number of benzene rings is 2. The Kier molecular flexibility index (Phi) is 3.63. The van der Waals surface area contributed by atoms with Crippen LogP contribution >= 0.6 is 11.6 Å². The highest BCUT2D eigenvalue weighted by atomic mass is 35.5. The van der Waals surface area contributed by atoms with E-state index < -0.39 is 0 Å². The van der Waals surface area contributed by atoms with Crippen LogP contribution < -0.4 is 5.01 Å². The van der Waals surface area contributed by atoms with Gasteiger partial charge in [0.05, 0.1) is 17.4 Å². The van der Waals surface area contributed by atoms with Gasteiger partial charge in [-0.1, -0.05) is 54.8 Å². The van der Waals surface area contributed by atoms with E-state index in [1.807, 2.05) is 12.1 Å². The van der Waals surface area contributed by atoms with Gasteiger partial charge >= 0.3 is 0 Å². The summed E-state index contributed by atoms with van der Waals surface area (Å²) in [6.45, 7) is 0. The van der Waals surface area contributed by atoms with Crippen molar-refractivity contribution in [3.63, 3.8) is 0 Å². The van der Waals surface area contributed by atoms with Crippen molar-refractivity contribution in [1.29, 1.82) is 0 Å². The zero-order valence-electron chi connectivity index (χ0n) is 12.5. The van der Waals surface area contributed by atoms with Crippen molar-refractivity contribution in [3.8, 4) is 0 Å². The van der Waals surface area contributed by atoms with Crippen molar-refractivity contribution < 1.29 is 0 Å². The lowest BCUT2D eigenvalue weighted by Crippen LogP contribution is -2.36. The second-order valence-electron chi connectivity index (χ2n) is 6.13. The highest BCUT2D eigenvalue weighted by molar-refractivity contribution is 6.30. The van der Waals surface area contributed by atoms with Gasteiger partial charge in [0.25, 0.3) is 0 Å². The smallest absolute Gasteiger partial charge is 0.0734 e. The highest BCUT2D eigenvalue weighted by Gasteiger charge is 2.39. The van der Waals surface area contributed by atoms with E-state index in [1.54, 1.807) is 0 Å². The largest absolute Gasteiger partial charge is 0.262 e. The number of halogens is 1. The van der Waals surface area contributed by atoms with Crippen LogP contribution in [0.1, 0.15) is 31.2 Å². The maximum absolute atomic E-state index is 6.03. The molecule has 1 saturated carbocycles. The summed E-state index contributed by atoms with van der Waals surface area (Å²) in [5, 5.41) is 8.01. The third-order valence-corrected chi connectivity index (χ3v) is 5.02. The molecule has 0 aromatic heterocycles. The minimum Gasteiger partial charge on any atom is -0.262 e. The molecule has 0 amide bonds. The van der Waals surface area contributed by atoms with Crippen molar-refractivity contribution in [1.82, 2.24) is 0 Å². The molecule has 1 heterocycles. The minimum atomic E-state index is 0.491. The fourth-order valence-electron chi connectivity index (χ4n) is 3.71. The van der Waals surface area contributed by atoms with E-state index in [-0.39, 0.29) is 0 Å². The molecule has 0 spiro atoms. The maximum atomic E-state index is 6.03. The third-order valence-electron chi connectivity index (χ3n) is 4.77. The van der Waals surface area contributed by atoms with Gasteiger partial charge in [-0.25, -0.2) is 0 Å². The number of hydrogen-bond acceptors (Lipinski definition) is 2. The van der Waals surface area contributed by atoms with Crippen molar-refractivity contribution >= 4 is 23.0 Å². The molecule has 2 nitrogen and oxygen atoms in total. The first-order chi connectivity index (χ1) is 10.8. The van der Waals surface area contributed by atoms with E-state index in [0.29, 0.717) is 12.0 Å². The summed E-state index contributed by atoms with van der Waals surface area (Å²) >= 11 is 6.03. The molecule has 112 valence electrons. The lowest BCUT2D eigenvalue weighted by atomic mass is 9.80. The Morgan fingerprint density at radius 3 is 2.41 bits per heavy atom. The summed E-state index contributed by atoms with van der Waals surface area (Å²) in [5.41, 5.74) is 3.66. The fraction of sp³-hybridized carbons (Fsp3) is 0.316. The number of hydrogen-bond donors (Lipinski definition) is 0. The third kappa shape index (κ3) is 2.42. The first-order valence-corrected chi connectivity index (χ1v) is 8.39.